The summed E-state index contributed by atoms with van der Waals surface area (Å²) in [6.07, 6.45) is 0. The summed E-state index contributed by atoms with van der Waals surface area (Å²) >= 11 is 0. The number of rotatable bonds is 2. The highest BCUT2D eigenvalue weighted by atomic mass is 35.7. The Morgan fingerprint density at radius 1 is 1.47 bits per heavy atom. The molecule has 0 bridgehead atoms. The average molecular weight is 253 g/mol. The zero-order valence-electron chi connectivity index (χ0n) is 7.49. The molecule has 1 N–H and O–H groups in total. The first kappa shape index (κ1) is 11.9. The minimum Gasteiger partial charge on any atom is -0.478 e. The maximum atomic E-state index is 13.2. The van der Waals surface area contributed by atoms with Gasteiger partial charge in [0.2, 0.25) is 0 Å². The predicted molar refractivity (Wildman–Crippen MR) is 51.1 cm³/mol. The Hall–Kier alpha value is -1.14. The lowest BCUT2D eigenvalue weighted by molar-refractivity contribution is 0.0691. The highest BCUT2D eigenvalue weighted by molar-refractivity contribution is 8.13. The molecular formula is C8H6ClFO4S. The molecule has 0 amide bonds. The second kappa shape index (κ2) is 3.79. The van der Waals surface area contributed by atoms with E-state index in [-0.39, 0.29) is 5.56 Å². The van der Waals surface area contributed by atoms with Gasteiger partial charge in [0.15, 0.2) is 0 Å². The van der Waals surface area contributed by atoms with Gasteiger partial charge in [-0.2, -0.15) is 0 Å². The lowest BCUT2D eigenvalue weighted by Crippen LogP contribution is -2.05. The fourth-order valence-electron chi connectivity index (χ4n) is 1.03. The zero-order valence-corrected chi connectivity index (χ0v) is 9.06. The van der Waals surface area contributed by atoms with Crippen molar-refractivity contribution in [2.24, 2.45) is 0 Å². The Labute approximate surface area is 89.7 Å². The number of hydrogen-bond donors (Lipinski definition) is 1. The van der Waals surface area contributed by atoms with Gasteiger partial charge in [0.05, 0.1) is 10.5 Å². The Balaban J connectivity index is 3.57. The number of aryl methyl sites for hydroxylation is 1. The van der Waals surface area contributed by atoms with E-state index in [1.807, 2.05) is 0 Å². The van der Waals surface area contributed by atoms with Crippen LogP contribution < -0.4 is 0 Å². The smallest absolute Gasteiger partial charge is 0.338 e. The minimum absolute atomic E-state index is 0.0888. The number of halogens is 2. The van der Waals surface area contributed by atoms with E-state index in [0.29, 0.717) is 6.07 Å². The molecule has 0 unspecified atom stereocenters. The van der Waals surface area contributed by atoms with Crippen molar-refractivity contribution in [3.05, 3.63) is 29.1 Å². The normalized spacial score (nSPS) is 11.4. The van der Waals surface area contributed by atoms with Crippen LogP contribution in [0.1, 0.15) is 15.9 Å². The van der Waals surface area contributed by atoms with Crippen LogP contribution in [0.15, 0.2) is 17.0 Å². The van der Waals surface area contributed by atoms with Gasteiger partial charge in [-0.3, -0.25) is 0 Å². The van der Waals surface area contributed by atoms with Crippen molar-refractivity contribution >= 4 is 25.7 Å². The molecular weight excluding hydrogens is 247 g/mol. The van der Waals surface area contributed by atoms with Gasteiger partial charge in [0, 0.05) is 10.7 Å². The number of benzene rings is 1. The van der Waals surface area contributed by atoms with Crippen molar-refractivity contribution in [3.63, 3.8) is 0 Å². The van der Waals surface area contributed by atoms with Gasteiger partial charge < -0.3 is 5.11 Å². The molecule has 82 valence electrons. The molecule has 1 aromatic rings. The molecule has 0 heterocycles. The van der Waals surface area contributed by atoms with E-state index in [2.05, 4.69) is 0 Å². The van der Waals surface area contributed by atoms with E-state index < -0.39 is 31.3 Å². The number of hydrogen-bond acceptors (Lipinski definition) is 3. The summed E-state index contributed by atoms with van der Waals surface area (Å²) < 4.78 is 35.0. The lowest BCUT2D eigenvalue weighted by atomic mass is 10.1. The summed E-state index contributed by atoms with van der Waals surface area (Å²) in [6, 6.07) is 1.66. The van der Waals surface area contributed by atoms with Gasteiger partial charge >= 0.3 is 5.97 Å². The third kappa shape index (κ3) is 2.45. The van der Waals surface area contributed by atoms with Crippen LogP contribution in [0.5, 0.6) is 0 Å². The van der Waals surface area contributed by atoms with Crippen molar-refractivity contribution in [1.29, 1.82) is 0 Å². The first-order valence-corrected chi connectivity index (χ1v) is 6.02. The fourth-order valence-corrected chi connectivity index (χ4v) is 1.88. The van der Waals surface area contributed by atoms with Crippen LogP contribution in [-0.2, 0) is 9.05 Å². The SMILES string of the molecule is Cc1cc(S(=O)(=O)Cl)cc(C(=O)O)c1F. The van der Waals surface area contributed by atoms with Gasteiger partial charge in [-0.15, -0.1) is 0 Å². The molecule has 1 rings (SSSR count). The second-order valence-corrected chi connectivity index (χ2v) is 5.41. The van der Waals surface area contributed by atoms with E-state index in [0.717, 1.165) is 6.07 Å². The predicted octanol–water partition coefficient (Wildman–Crippen LogP) is 1.76. The molecule has 0 spiro atoms. The zero-order chi connectivity index (χ0) is 11.8. The highest BCUT2D eigenvalue weighted by Crippen LogP contribution is 2.21. The third-order valence-corrected chi connectivity index (χ3v) is 3.07. The topological polar surface area (TPSA) is 71.4 Å². The number of aromatic carboxylic acids is 1. The Kier molecular flexibility index (Phi) is 3.01. The van der Waals surface area contributed by atoms with Crippen LogP contribution in [0.25, 0.3) is 0 Å². The number of carbonyl (C=O) groups is 1. The molecule has 0 aromatic heterocycles. The van der Waals surface area contributed by atoms with E-state index >= 15 is 0 Å². The largest absolute Gasteiger partial charge is 0.478 e. The molecule has 0 radical (unpaired) electrons. The van der Waals surface area contributed by atoms with Crippen molar-refractivity contribution in [2.75, 3.05) is 0 Å². The Morgan fingerprint density at radius 3 is 2.40 bits per heavy atom. The summed E-state index contributed by atoms with van der Waals surface area (Å²) in [5.74, 6) is -2.51. The summed E-state index contributed by atoms with van der Waals surface area (Å²) in [6.45, 7) is 1.26. The van der Waals surface area contributed by atoms with Crippen molar-refractivity contribution in [1.82, 2.24) is 0 Å². The summed E-state index contributed by atoms with van der Waals surface area (Å²) in [7, 11) is 0.960. The molecule has 15 heavy (non-hydrogen) atoms. The lowest BCUT2D eigenvalue weighted by Gasteiger charge is -2.03. The van der Waals surface area contributed by atoms with Crippen molar-refractivity contribution < 1.29 is 22.7 Å². The van der Waals surface area contributed by atoms with Crippen LogP contribution in [0.3, 0.4) is 0 Å². The van der Waals surface area contributed by atoms with Crippen LogP contribution in [0.4, 0.5) is 4.39 Å². The van der Waals surface area contributed by atoms with E-state index in [9.17, 15) is 17.6 Å². The number of carboxylic acid groups (broad SMARTS) is 1. The molecule has 0 saturated heterocycles. The van der Waals surface area contributed by atoms with Gasteiger partial charge in [0.25, 0.3) is 9.05 Å². The summed E-state index contributed by atoms with van der Waals surface area (Å²) in [5, 5.41) is 8.60. The monoisotopic (exact) mass is 252 g/mol. The van der Waals surface area contributed by atoms with E-state index in [4.69, 9.17) is 15.8 Å². The van der Waals surface area contributed by atoms with Crippen LogP contribution >= 0.6 is 10.7 Å². The van der Waals surface area contributed by atoms with Crippen molar-refractivity contribution in [3.8, 4) is 0 Å². The third-order valence-electron chi connectivity index (χ3n) is 1.74. The molecule has 0 aliphatic rings. The quantitative estimate of drug-likeness (QED) is 0.814. The second-order valence-electron chi connectivity index (χ2n) is 2.84. The molecule has 0 aliphatic carbocycles. The first-order chi connectivity index (χ1) is 6.73. The molecule has 0 saturated carbocycles. The van der Waals surface area contributed by atoms with Gasteiger partial charge in [-0.05, 0) is 24.6 Å². The molecule has 7 heteroatoms. The van der Waals surface area contributed by atoms with Gasteiger partial charge in [0.1, 0.15) is 5.82 Å². The molecule has 4 nitrogen and oxygen atoms in total. The maximum absolute atomic E-state index is 13.2. The van der Waals surface area contributed by atoms with Crippen LogP contribution in [0.2, 0.25) is 0 Å². The summed E-state index contributed by atoms with van der Waals surface area (Å²) in [4.78, 5) is 10.1. The van der Waals surface area contributed by atoms with Crippen LogP contribution in [0, 0.1) is 12.7 Å². The van der Waals surface area contributed by atoms with Gasteiger partial charge in [-0.1, -0.05) is 0 Å². The molecule has 0 atom stereocenters. The maximum Gasteiger partial charge on any atom is 0.338 e. The highest BCUT2D eigenvalue weighted by Gasteiger charge is 2.19. The summed E-state index contributed by atoms with van der Waals surface area (Å²) in [5.41, 5.74) is -0.802. The van der Waals surface area contributed by atoms with Gasteiger partial charge in [-0.25, -0.2) is 17.6 Å². The number of carboxylic acids is 1. The minimum atomic E-state index is -4.06. The Bertz CT molecular complexity index is 524. The van der Waals surface area contributed by atoms with E-state index in [1.54, 1.807) is 0 Å². The molecule has 0 fully saturated rings. The first-order valence-electron chi connectivity index (χ1n) is 3.71. The van der Waals surface area contributed by atoms with Crippen molar-refractivity contribution in [2.45, 2.75) is 11.8 Å². The standard InChI is InChI=1S/C8H6ClFO4S/c1-4-2-5(15(9,13)14)3-6(7(4)10)8(11)12/h2-3H,1H3,(H,11,12). The Morgan fingerprint density at radius 2 is 2.00 bits per heavy atom. The average Bonchev–Trinajstić information content (AvgIpc) is 2.06. The molecule has 0 aliphatic heterocycles. The van der Waals surface area contributed by atoms with E-state index in [1.165, 1.54) is 6.92 Å². The fraction of sp³-hybridized carbons (Fsp3) is 0.125. The van der Waals surface area contributed by atoms with Crippen LogP contribution in [-0.4, -0.2) is 19.5 Å². The molecule has 1 aromatic carbocycles.